The summed E-state index contributed by atoms with van der Waals surface area (Å²) in [5.41, 5.74) is 6.86. The van der Waals surface area contributed by atoms with E-state index in [0.29, 0.717) is 0 Å². The Balaban J connectivity index is 2.19. The van der Waals surface area contributed by atoms with Gasteiger partial charge in [-0.25, -0.2) is 4.79 Å². The van der Waals surface area contributed by atoms with E-state index in [-0.39, 0.29) is 11.5 Å². The molecule has 3 atom stereocenters. The average molecular weight is 391 g/mol. The number of hydrogen-bond acceptors (Lipinski definition) is 5. The van der Waals surface area contributed by atoms with Crippen LogP contribution in [0.1, 0.15) is 11.5 Å². The molecule has 1 saturated heterocycles. The maximum Gasteiger partial charge on any atom is 0.329 e. The van der Waals surface area contributed by atoms with E-state index in [1.54, 1.807) is 7.05 Å². The quantitative estimate of drug-likeness (QED) is 0.786. The minimum atomic E-state index is -0.845. The minimum absolute atomic E-state index is 0.0549. The molecule has 7 nitrogen and oxygen atoms in total. The first kappa shape index (κ1) is 16.3. The SMILES string of the molecule is CN1C(=O)[C@H]2[C@H](c3cccc(Br)c3)C(C#N)=C(N)O[C@@H]2N(C)C1=O. The number of amides is 3. The van der Waals surface area contributed by atoms with Crippen LogP contribution in [0.25, 0.3) is 0 Å². The highest BCUT2D eigenvalue weighted by molar-refractivity contribution is 9.10. The molecule has 2 N–H and O–H groups in total. The lowest BCUT2D eigenvalue weighted by molar-refractivity contribution is -0.151. The zero-order valence-corrected chi connectivity index (χ0v) is 14.6. The fourth-order valence-electron chi connectivity index (χ4n) is 3.21. The number of allylic oxidation sites excluding steroid dienone is 1. The van der Waals surface area contributed by atoms with Crippen LogP contribution in [-0.4, -0.2) is 42.1 Å². The molecule has 0 spiro atoms. The summed E-state index contributed by atoms with van der Waals surface area (Å²) in [5.74, 6) is -1.78. The second-order valence-corrected chi connectivity index (χ2v) is 6.66. The predicted octanol–water partition coefficient (Wildman–Crippen LogP) is 1.72. The highest BCUT2D eigenvalue weighted by atomic mass is 79.9. The number of carbonyl (C=O) groups excluding carboxylic acids is 2. The van der Waals surface area contributed by atoms with Gasteiger partial charge in [0.2, 0.25) is 11.8 Å². The third-order valence-corrected chi connectivity index (χ3v) is 4.90. The highest BCUT2D eigenvalue weighted by Crippen LogP contribution is 2.44. The number of ether oxygens (including phenoxy) is 1. The standard InChI is InChI=1S/C16H15BrN4O3/c1-20-14(22)12-11(8-4-3-5-9(17)6-8)10(7-18)13(19)24-15(12)21(2)16(20)23/h3-6,11-12,15H,19H2,1-2H3/t11-,12-,15+/m1/s1. The molecular weight excluding hydrogens is 376 g/mol. The topological polar surface area (TPSA) is 99.7 Å². The molecule has 0 aromatic heterocycles. The van der Waals surface area contributed by atoms with E-state index in [2.05, 4.69) is 22.0 Å². The van der Waals surface area contributed by atoms with Crippen LogP contribution >= 0.6 is 15.9 Å². The minimum Gasteiger partial charge on any atom is -0.454 e. The van der Waals surface area contributed by atoms with E-state index in [0.717, 1.165) is 14.9 Å². The van der Waals surface area contributed by atoms with Crippen molar-refractivity contribution in [3.63, 3.8) is 0 Å². The van der Waals surface area contributed by atoms with Crippen molar-refractivity contribution in [3.8, 4) is 6.07 Å². The molecular formula is C16H15BrN4O3. The Labute approximate surface area is 147 Å². The Kier molecular flexibility index (Phi) is 3.97. The summed E-state index contributed by atoms with van der Waals surface area (Å²) in [7, 11) is 2.97. The average Bonchev–Trinajstić information content (AvgIpc) is 2.57. The predicted molar refractivity (Wildman–Crippen MR) is 88.0 cm³/mol. The second-order valence-electron chi connectivity index (χ2n) is 5.75. The van der Waals surface area contributed by atoms with Crippen LogP contribution < -0.4 is 5.73 Å². The number of carbonyl (C=O) groups is 2. The Morgan fingerprint density at radius 1 is 1.33 bits per heavy atom. The molecule has 0 bridgehead atoms. The lowest BCUT2D eigenvalue weighted by Crippen LogP contribution is -2.62. The second kappa shape index (κ2) is 5.83. The van der Waals surface area contributed by atoms with Crippen LogP contribution in [0.4, 0.5) is 4.79 Å². The normalized spacial score (nSPS) is 26.8. The largest absolute Gasteiger partial charge is 0.454 e. The first-order valence-corrected chi connectivity index (χ1v) is 8.02. The molecule has 2 aliphatic rings. The lowest BCUT2D eigenvalue weighted by Gasteiger charge is -2.46. The van der Waals surface area contributed by atoms with Gasteiger partial charge in [-0.05, 0) is 17.7 Å². The molecule has 1 fully saturated rings. The van der Waals surface area contributed by atoms with Crippen molar-refractivity contribution in [2.75, 3.05) is 14.1 Å². The van der Waals surface area contributed by atoms with Gasteiger partial charge in [-0.2, -0.15) is 5.26 Å². The number of fused-ring (bicyclic) bond motifs is 1. The number of imide groups is 1. The highest BCUT2D eigenvalue weighted by Gasteiger charge is 2.53. The van der Waals surface area contributed by atoms with Crippen molar-refractivity contribution in [1.29, 1.82) is 5.26 Å². The number of nitrogens with zero attached hydrogens (tertiary/aromatic N) is 3. The molecule has 0 saturated carbocycles. The van der Waals surface area contributed by atoms with Crippen molar-refractivity contribution >= 4 is 27.9 Å². The van der Waals surface area contributed by atoms with E-state index in [1.807, 2.05) is 24.3 Å². The van der Waals surface area contributed by atoms with Gasteiger partial charge in [0.15, 0.2) is 6.23 Å². The van der Waals surface area contributed by atoms with Crippen LogP contribution in [0.15, 0.2) is 40.2 Å². The summed E-state index contributed by atoms with van der Waals surface area (Å²) >= 11 is 3.40. The fraction of sp³-hybridized carbons (Fsp3) is 0.312. The Hall–Kier alpha value is -2.53. The van der Waals surface area contributed by atoms with Crippen molar-refractivity contribution in [2.24, 2.45) is 11.7 Å². The molecule has 2 heterocycles. The van der Waals surface area contributed by atoms with Crippen LogP contribution in [0.2, 0.25) is 0 Å². The third-order valence-electron chi connectivity index (χ3n) is 4.40. The molecule has 0 radical (unpaired) electrons. The van der Waals surface area contributed by atoms with E-state index in [1.165, 1.54) is 11.9 Å². The summed E-state index contributed by atoms with van der Waals surface area (Å²) in [6.07, 6.45) is -0.845. The van der Waals surface area contributed by atoms with Gasteiger partial charge in [0.05, 0.1) is 5.57 Å². The van der Waals surface area contributed by atoms with Crippen LogP contribution in [0, 0.1) is 17.2 Å². The summed E-state index contributed by atoms with van der Waals surface area (Å²) in [5, 5.41) is 9.54. The first-order chi connectivity index (χ1) is 11.4. The molecule has 0 unspecified atom stereocenters. The van der Waals surface area contributed by atoms with E-state index in [4.69, 9.17) is 10.5 Å². The molecule has 3 amide bonds. The molecule has 1 aromatic rings. The third kappa shape index (κ3) is 2.32. The maximum atomic E-state index is 12.8. The van der Waals surface area contributed by atoms with Crippen LogP contribution in [-0.2, 0) is 9.53 Å². The molecule has 1 aromatic carbocycles. The molecule has 3 rings (SSSR count). The molecule has 0 aliphatic carbocycles. The van der Waals surface area contributed by atoms with Gasteiger partial charge in [0.25, 0.3) is 0 Å². The van der Waals surface area contributed by atoms with Gasteiger partial charge >= 0.3 is 6.03 Å². The number of rotatable bonds is 1. The van der Waals surface area contributed by atoms with Gasteiger partial charge in [0.1, 0.15) is 12.0 Å². The number of urea groups is 1. The van der Waals surface area contributed by atoms with Crippen molar-refractivity contribution in [2.45, 2.75) is 12.1 Å². The first-order valence-electron chi connectivity index (χ1n) is 7.23. The van der Waals surface area contributed by atoms with E-state index < -0.39 is 30.0 Å². The molecule has 124 valence electrons. The molecule has 24 heavy (non-hydrogen) atoms. The summed E-state index contributed by atoms with van der Waals surface area (Å²) in [6, 6.07) is 8.92. The fourth-order valence-corrected chi connectivity index (χ4v) is 3.63. The van der Waals surface area contributed by atoms with E-state index in [9.17, 15) is 14.9 Å². The maximum absolute atomic E-state index is 12.8. The number of nitrogens with two attached hydrogens (primary N) is 1. The van der Waals surface area contributed by atoms with Gasteiger partial charge in [-0.3, -0.25) is 14.6 Å². The number of benzene rings is 1. The van der Waals surface area contributed by atoms with Crippen molar-refractivity contribution < 1.29 is 14.3 Å². The Bertz CT molecular complexity index is 801. The molecule has 8 heteroatoms. The monoisotopic (exact) mass is 390 g/mol. The van der Waals surface area contributed by atoms with Gasteiger partial charge in [-0.1, -0.05) is 28.1 Å². The zero-order chi connectivity index (χ0) is 17.6. The lowest BCUT2D eigenvalue weighted by atomic mass is 9.76. The van der Waals surface area contributed by atoms with Gasteiger partial charge < -0.3 is 10.5 Å². The van der Waals surface area contributed by atoms with Crippen LogP contribution in [0.5, 0.6) is 0 Å². The van der Waals surface area contributed by atoms with Gasteiger partial charge in [0, 0.05) is 24.5 Å². The summed E-state index contributed by atoms with van der Waals surface area (Å²) < 4.78 is 6.38. The van der Waals surface area contributed by atoms with Crippen molar-refractivity contribution in [1.82, 2.24) is 9.80 Å². The van der Waals surface area contributed by atoms with Crippen LogP contribution in [0.3, 0.4) is 0 Å². The van der Waals surface area contributed by atoms with E-state index >= 15 is 0 Å². The molecule has 2 aliphatic heterocycles. The smallest absolute Gasteiger partial charge is 0.329 e. The van der Waals surface area contributed by atoms with Gasteiger partial charge in [-0.15, -0.1) is 0 Å². The summed E-state index contributed by atoms with van der Waals surface area (Å²) in [6.45, 7) is 0. The summed E-state index contributed by atoms with van der Waals surface area (Å²) in [4.78, 5) is 27.3. The zero-order valence-electron chi connectivity index (χ0n) is 13.1. The number of nitriles is 1. The number of hydrogen-bond donors (Lipinski definition) is 1. The number of halogens is 1. The van der Waals surface area contributed by atoms with Crippen molar-refractivity contribution in [3.05, 3.63) is 45.8 Å². The Morgan fingerprint density at radius 3 is 2.67 bits per heavy atom. The Morgan fingerprint density at radius 2 is 2.04 bits per heavy atom.